The van der Waals surface area contributed by atoms with Crippen LogP contribution in [0.25, 0.3) is 0 Å². The maximum Gasteiger partial charge on any atom is 0.259 e. The molecule has 1 aliphatic rings. The lowest BCUT2D eigenvalue weighted by molar-refractivity contribution is 0.0637. The SMILES string of the molecule is COc1ncccc1C(=O)N1CCN(CCN)CC1. The zero-order valence-electron chi connectivity index (χ0n) is 11.2. The van der Waals surface area contributed by atoms with Crippen molar-refractivity contribution in [2.75, 3.05) is 46.4 Å². The number of nitrogens with two attached hydrogens (primary N) is 1. The van der Waals surface area contributed by atoms with Gasteiger partial charge in [-0.15, -0.1) is 0 Å². The highest BCUT2D eigenvalue weighted by molar-refractivity contribution is 5.96. The third-order valence-electron chi connectivity index (χ3n) is 3.30. The summed E-state index contributed by atoms with van der Waals surface area (Å²) in [6.07, 6.45) is 1.62. The van der Waals surface area contributed by atoms with Crippen molar-refractivity contribution in [2.45, 2.75) is 0 Å². The summed E-state index contributed by atoms with van der Waals surface area (Å²) in [6.45, 7) is 4.72. The first-order valence-electron chi connectivity index (χ1n) is 6.47. The quantitative estimate of drug-likeness (QED) is 0.816. The average Bonchev–Trinajstić information content (AvgIpc) is 2.47. The van der Waals surface area contributed by atoms with E-state index >= 15 is 0 Å². The number of pyridine rings is 1. The molecule has 6 heteroatoms. The molecule has 0 saturated carbocycles. The summed E-state index contributed by atoms with van der Waals surface area (Å²) in [4.78, 5) is 20.6. The lowest BCUT2D eigenvalue weighted by Gasteiger charge is -2.34. The van der Waals surface area contributed by atoms with E-state index in [0.717, 1.165) is 32.7 Å². The number of amides is 1. The summed E-state index contributed by atoms with van der Waals surface area (Å²) in [6, 6.07) is 3.50. The van der Waals surface area contributed by atoms with Gasteiger partial charge in [-0.05, 0) is 12.1 Å². The first kappa shape index (κ1) is 13.8. The molecule has 0 aliphatic carbocycles. The Morgan fingerprint density at radius 3 is 2.79 bits per heavy atom. The predicted octanol–water partition coefficient (Wildman–Crippen LogP) is -0.193. The molecule has 1 fully saturated rings. The number of rotatable bonds is 4. The maximum absolute atomic E-state index is 12.4. The molecule has 2 rings (SSSR count). The van der Waals surface area contributed by atoms with Gasteiger partial charge in [0, 0.05) is 45.5 Å². The van der Waals surface area contributed by atoms with Crippen LogP contribution in [0.1, 0.15) is 10.4 Å². The molecule has 1 aliphatic heterocycles. The lowest BCUT2D eigenvalue weighted by atomic mass is 10.2. The summed E-state index contributed by atoms with van der Waals surface area (Å²) in [5, 5.41) is 0. The Balaban J connectivity index is 2.01. The Kier molecular flexibility index (Phi) is 4.70. The van der Waals surface area contributed by atoms with Crippen LogP contribution < -0.4 is 10.5 Å². The molecule has 6 nitrogen and oxygen atoms in total. The number of hydrogen-bond donors (Lipinski definition) is 1. The van der Waals surface area contributed by atoms with Gasteiger partial charge in [0.05, 0.1) is 7.11 Å². The van der Waals surface area contributed by atoms with Crippen molar-refractivity contribution in [1.29, 1.82) is 0 Å². The summed E-state index contributed by atoms with van der Waals surface area (Å²) >= 11 is 0. The van der Waals surface area contributed by atoms with Crippen LogP contribution in [0.3, 0.4) is 0 Å². The van der Waals surface area contributed by atoms with Gasteiger partial charge in [-0.2, -0.15) is 0 Å². The number of aromatic nitrogens is 1. The molecule has 0 atom stereocenters. The molecule has 0 bridgehead atoms. The van der Waals surface area contributed by atoms with Gasteiger partial charge in [-0.3, -0.25) is 9.69 Å². The van der Waals surface area contributed by atoms with E-state index in [1.54, 1.807) is 18.3 Å². The van der Waals surface area contributed by atoms with E-state index in [0.29, 0.717) is 18.0 Å². The van der Waals surface area contributed by atoms with E-state index in [-0.39, 0.29) is 5.91 Å². The number of methoxy groups -OCH3 is 1. The van der Waals surface area contributed by atoms with E-state index < -0.39 is 0 Å². The second kappa shape index (κ2) is 6.49. The fraction of sp³-hybridized carbons (Fsp3) is 0.538. The van der Waals surface area contributed by atoms with Crippen molar-refractivity contribution in [1.82, 2.24) is 14.8 Å². The third-order valence-corrected chi connectivity index (χ3v) is 3.30. The summed E-state index contributed by atoms with van der Waals surface area (Å²) in [7, 11) is 1.53. The zero-order valence-corrected chi connectivity index (χ0v) is 11.2. The van der Waals surface area contributed by atoms with E-state index in [2.05, 4.69) is 9.88 Å². The average molecular weight is 264 g/mol. The zero-order chi connectivity index (χ0) is 13.7. The van der Waals surface area contributed by atoms with Crippen molar-refractivity contribution >= 4 is 5.91 Å². The molecule has 0 aromatic carbocycles. The number of hydrogen-bond acceptors (Lipinski definition) is 5. The molecule has 0 spiro atoms. The number of ether oxygens (including phenoxy) is 1. The van der Waals surface area contributed by atoms with Gasteiger partial charge >= 0.3 is 0 Å². The Morgan fingerprint density at radius 1 is 1.42 bits per heavy atom. The third kappa shape index (κ3) is 3.21. The topological polar surface area (TPSA) is 71.7 Å². The van der Waals surface area contributed by atoms with Gasteiger partial charge in [0.15, 0.2) is 0 Å². The lowest BCUT2D eigenvalue weighted by Crippen LogP contribution is -2.49. The molecule has 1 aromatic heterocycles. The minimum atomic E-state index is -0.0163. The summed E-state index contributed by atoms with van der Waals surface area (Å²) < 4.78 is 5.13. The number of nitrogens with zero attached hydrogens (tertiary/aromatic N) is 3. The van der Waals surface area contributed by atoms with Gasteiger partial charge in [-0.1, -0.05) is 0 Å². The summed E-state index contributed by atoms with van der Waals surface area (Å²) in [5.74, 6) is 0.370. The molecular weight excluding hydrogens is 244 g/mol. The molecule has 0 radical (unpaired) electrons. The standard InChI is InChI=1S/C13H20N4O2/c1-19-12-11(3-2-5-15-12)13(18)17-9-7-16(6-4-14)8-10-17/h2-3,5H,4,6-10,14H2,1H3. The molecule has 19 heavy (non-hydrogen) atoms. The highest BCUT2D eigenvalue weighted by Crippen LogP contribution is 2.17. The summed E-state index contributed by atoms with van der Waals surface area (Å²) in [5.41, 5.74) is 6.06. The number of carbonyl (C=O) groups is 1. The van der Waals surface area contributed by atoms with Crippen LogP contribution in [0, 0.1) is 0 Å². The largest absolute Gasteiger partial charge is 0.480 e. The molecule has 104 valence electrons. The molecule has 2 heterocycles. The normalized spacial score (nSPS) is 16.4. The van der Waals surface area contributed by atoms with Crippen LogP contribution in [-0.4, -0.2) is 67.1 Å². The van der Waals surface area contributed by atoms with Gasteiger partial charge in [0.1, 0.15) is 5.56 Å². The minimum absolute atomic E-state index is 0.0163. The van der Waals surface area contributed by atoms with Crippen molar-refractivity contribution < 1.29 is 9.53 Å². The van der Waals surface area contributed by atoms with E-state index in [9.17, 15) is 4.79 Å². The van der Waals surface area contributed by atoms with Crippen LogP contribution in [0.5, 0.6) is 5.88 Å². The van der Waals surface area contributed by atoms with E-state index in [1.165, 1.54) is 7.11 Å². The second-order valence-corrected chi connectivity index (χ2v) is 4.48. The van der Waals surface area contributed by atoms with E-state index in [1.807, 2.05) is 4.90 Å². The van der Waals surface area contributed by atoms with E-state index in [4.69, 9.17) is 10.5 Å². The van der Waals surface area contributed by atoms with Crippen molar-refractivity contribution in [3.63, 3.8) is 0 Å². The maximum atomic E-state index is 12.4. The Morgan fingerprint density at radius 2 is 2.16 bits per heavy atom. The molecule has 1 amide bonds. The van der Waals surface area contributed by atoms with Crippen molar-refractivity contribution in [2.24, 2.45) is 5.73 Å². The first-order chi connectivity index (χ1) is 9.26. The molecular formula is C13H20N4O2. The smallest absolute Gasteiger partial charge is 0.259 e. The Hall–Kier alpha value is -1.66. The van der Waals surface area contributed by atoms with Crippen LogP contribution in [-0.2, 0) is 0 Å². The van der Waals surface area contributed by atoms with Crippen molar-refractivity contribution in [3.05, 3.63) is 23.9 Å². The fourth-order valence-electron chi connectivity index (χ4n) is 2.24. The van der Waals surface area contributed by atoms with Crippen LogP contribution in [0.4, 0.5) is 0 Å². The van der Waals surface area contributed by atoms with Gasteiger partial charge < -0.3 is 15.4 Å². The molecule has 2 N–H and O–H groups in total. The molecule has 0 unspecified atom stereocenters. The first-order valence-corrected chi connectivity index (χ1v) is 6.47. The van der Waals surface area contributed by atoms with Crippen LogP contribution in [0.2, 0.25) is 0 Å². The van der Waals surface area contributed by atoms with Gasteiger partial charge in [0.2, 0.25) is 5.88 Å². The number of carbonyl (C=O) groups excluding carboxylic acids is 1. The highest BCUT2D eigenvalue weighted by atomic mass is 16.5. The highest BCUT2D eigenvalue weighted by Gasteiger charge is 2.24. The number of piperazine rings is 1. The van der Waals surface area contributed by atoms with Gasteiger partial charge in [0.25, 0.3) is 5.91 Å². The monoisotopic (exact) mass is 264 g/mol. The van der Waals surface area contributed by atoms with Gasteiger partial charge in [-0.25, -0.2) is 4.98 Å². The molecule has 1 saturated heterocycles. The fourth-order valence-corrected chi connectivity index (χ4v) is 2.24. The second-order valence-electron chi connectivity index (χ2n) is 4.48. The van der Waals surface area contributed by atoms with Crippen LogP contribution >= 0.6 is 0 Å². The molecule has 1 aromatic rings. The minimum Gasteiger partial charge on any atom is -0.480 e. The Bertz CT molecular complexity index is 430. The predicted molar refractivity (Wildman–Crippen MR) is 72.2 cm³/mol. The van der Waals surface area contributed by atoms with Crippen molar-refractivity contribution in [3.8, 4) is 5.88 Å². The van der Waals surface area contributed by atoms with Crippen LogP contribution in [0.15, 0.2) is 18.3 Å². The Labute approximate surface area is 113 Å².